The van der Waals surface area contributed by atoms with E-state index in [2.05, 4.69) is 62.1 Å². The van der Waals surface area contributed by atoms with Gasteiger partial charge in [-0.2, -0.15) is 0 Å². The van der Waals surface area contributed by atoms with Crippen LogP contribution in [0.4, 0.5) is 0 Å². The number of hydrogen-bond acceptors (Lipinski definition) is 0. The van der Waals surface area contributed by atoms with Crippen LogP contribution >= 0.6 is 0 Å². The molecule has 0 atom stereocenters. The van der Waals surface area contributed by atoms with Gasteiger partial charge >= 0.3 is 0 Å². The quantitative estimate of drug-likeness (QED) is 0.588. The second-order valence-corrected chi connectivity index (χ2v) is 4.92. The summed E-state index contributed by atoms with van der Waals surface area (Å²) in [7, 11) is 0. The molecule has 0 aliphatic heterocycles. The SMILES string of the molecule is C=C(/C(=C\CC1=CC=CCC1)CC)c1ccccc1. The lowest BCUT2D eigenvalue weighted by atomic mass is 9.94. The lowest BCUT2D eigenvalue weighted by Crippen LogP contribution is -1.90. The molecule has 19 heavy (non-hydrogen) atoms. The fourth-order valence-electron chi connectivity index (χ4n) is 2.38. The summed E-state index contributed by atoms with van der Waals surface area (Å²) in [6.07, 6.45) is 13.5. The molecule has 1 aromatic rings. The van der Waals surface area contributed by atoms with E-state index in [0.29, 0.717) is 0 Å². The molecular formula is C19H22. The van der Waals surface area contributed by atoms with Gasteiger partial charge in [-0.1, -0.05) is 73.7 Å². The van der Waals surface area contributed by atoms with Gasteiger partial charge < -0.3 is 0 Å². The normalized spacial score (nSPS) is 15.2. The minimum Gasteiger partial charge on any atom is -0.0909 e. The van der Waals surface area contributed by atoms with Gasteiger partial charge in [0.05, 0.1) is 0 Å². The molecule has 0 bridgehead atoms. The maximum atomic E-state index is 4.26. The summed E-state index contributed by atoms with van der Waals surface area (Å²) in [6, 6.07) is 10.5. The summed E-state index contributed by atoms with van der Waals surface area (Å²) < 4.78 is 0. The second kappa shape index (κ2) is 6.94. The van der Waals surface area contributed by atoms with Gasteiger partial charge in [-0.25, -0.2) is 0 Å². The molecule has 0 saturated carbocycles. The highest BCUT2D eigenvalue weighted by atomic mass is 14.1. The van der Waals surface area contributed by atoms with Crippen molar-refractivity contribution in [2.24, 2.45) is 0 Å². The average molecular weight is 250 g/mol. The Kier molecular flexibility index (Phi) is 4.97. The predicted molar refractivity (Wildman–Crippen MR) is 84.9 cm³/mol. The Hall–Kier alpha value is -1.82. The summed E-state index contributed by atoms with van der Waals surface area (Å²) in [5, 5.41) is 0. The van der Waals surface area contributed by atoms with Crippen LogP contribution < -0.4 is 0 Å². The third-order valence-corrected chi connectivity index (χ3v) is 3.60. The molecule has 0 unspecified atom stereocenters. The number of allylic oxidation sites excluding steroid dienone is 7. The Labute approximate surface area is 116 Å². The molecule has 0 aromatic heterocycles. The lowest BCUT2D eigenvalue weighted by molar-refractivity contribution is 0.920. The fourth-order valence-corrected chi connectivity index (χ4v) is 2.38. The van der Waals surface area contributed by atoms with Crippen LogP contribution in [0.1, 0.15) is 38.2 Å². The lowest BCUT2D eigenvalue weighted by Gasteiger charge is -2.11. The van der Waals surface area contributed by atoms with E-state index in [4.69, 9.17) is 0 Å². The fraction of sp³-hybridized carbons (Fsp3) is 0.263. The van der Waals surface area contributed by atoms with Crippen molar-refractivity contribution in [1.29, 1.82) is 0 Å². The average Bonchev–Trinajstić information content (AvgIpc) is 2.49. The molecule has 1 aliphatic rings. The van der Waals surface area contributed by atoms with Crippen LogP contribution in [0.2, 0.25) is 0 Å². The topological polar surface area (TPSA) is 0 Å². The molecular weight excluding hydrogens is 228 g/mol. The molecule has 0 saturated heterocycles. The molecule has 0 heteroatoms. The van der Waals surface area contributed by atoms with Crippen molar-refractivity contribution in [3.8, 4) is 0 Å². The Balaban J connectivity index is 2.09. The van der Waals surface area contributed by atoms with Crippen molar-refractivity contribution in [3.05, 3.63) is 77.9 Å². The van der Waals surface area contributed by atoms with Gasteiger partial charge in [0.1, 0.15) is 0 Å². The highest BCUT2D eigenvalue weighted by molar-refractivity contribution is 5.77. The zero-order valence-corrected chi connectivity index (χ0v) is 11.7. The molecule has 2 rings (SSSR count). The van der Waals surface area contributed by atoms with Gasteiger partial charge in [0, 0.05) is 0 Å². The van der Waals surface area contributed by atoms with Crippen molar-refractivity contribution in [2.45, 2.75) is 32.6 Å². The van der Waals surface area contributed by atoms with Crippen molar-refractivity contribution in [1.82, 2.24) is 0 Å². The third kappa shape index (κ3) is 3.82. The van der Waals surface area contributed by atoms with Crippen molar-refractivity contribution < 1.29 is 0 Å². The van der Waals surface area contributed by atoms with E-state index in [1.807, 2.05) is 6.07 Å². The minimum atomic E-state index is 1.04. The van der Waals surface area contributed by atoms with E-state index in [1.54, 1.807) is 0 Å². The summed E-state index contributed by atoms with van der Waals surface area (Å²) in [5.74, 6) is 0. The molecule has 0 N–H and O–H groups in total. The largest absolute Gasteiger partial charge is 0.0909 e. The molecule has 0 fully saturated rings. The van der Waals surface area contributed by atoms with Gasteiger partial charge in [0.25, 0.3) is 0 Å². The molecule has 1 aliphatic carbocycles. The van der Waals surface area contributed by atoms with E-state index in [1.165, 1.54) is 29.6 Å². The second-order valence-electron chi connectivity index (χ2n) is 4.92. The molecule has 0 radical (unpaired) electrons. The monoisotopic (exact) mass is 250 g/mol. The summed E-state index contributed by atoms with van der Waals surface area (Å²) in [4.78, 5) is 0. The number of rotatable bonds is 5. The third-order valence-electron chi connectivity index (χ3n) is 3.60. The Morgan fingerprint density at radius 3 is 2.68 bits per heavy atom. The van der Waals surface area contributed by atoms with Crippen LogP contribution in [0.15, 0.2) is 72.4 Å². The van der Waals surface area contributed by atoms with Gasteiger partial charge in [0.15, 0.2) is 0 Å². The highest BCUT2D eigenvalue weighted by Gasteiger charge is 2.04. The first kappa shape index (κ1) is 13.6. The predicted octanol–water partition coefficient (Wildman–Crippen LogP) is 5.70. The van der Waals surface area contributed by atoms with E-state index in [-0.39, 0.29) is 0 Å². The van der Waals surface area contributed by atoms with E-state index < -0.39 is 0 Å². The number of benzene rings is 1. The summed E-state index contributed by atoms with van der Waals surface area (Å²) in [5.41, 5.74) is 5.28. The van der Waals surface area contributed by atoms with Crippen LogP contribution in [0, 0.1) is 0 Å². The molecule has 0 nitrogen and oxygen atoms in total. The maximum absolute atomic E-state index is 4.26. The maximum Gasteiger partial charge on any atom is -0.0130 e. The molecule has 0 amide bonds. The van der Waals surface area contributed by atoms with Crippen molar-refractivity contribution in [3.63, 3.8) is 0 Å². The Bertz CT molecular complexity index is 512. The van der Waals surface area contributed by atoms with E-state index >= 15 is 0 Å². The van der Waals surface area contributed by atoms with Gasteiger partial charge in [-0.05, 0) is 42.4 Å². The van der Waals surface area contributed by atoms with Crippen LogP contribution in [0.25, 0.3) is 5.57 Å². The van der Waals surface area contributed by atoms with Gasteiger partial charge in [-0.15, -0.1) is 0 Å². The van der Waals surface area contributed by atoms with Crippen LogP contribution in [0.3, 0.4) is 0 Å². The van der Waals surface area contributed by atoms with Gasteiger partial charge in [-0.3, -0.25) is 0 Å². The first-order valence-electron chi connectivity index (χ1n) is 7.09. The first-order valence-corrected chi connectivity index (χ1v) is 7.09. The van der Waals surface area contributed by atoms with Crippen LogP contribution in [0.5, 0.6) is 0 Å². The van der Waals surface area contributed by atoms with E-state index in [0.717, 1.165) is 18.4 Å². The molecule has 0 heterocycles. The van der Waals surface area contributed by atoms with Crippen molar-refractivity contribution >= 4 is 5.57 Å². The Morgan fingerprint density at radius 2 is 2.05 bits per heavy atom. The standard InChI is InChI=1S/C19H22/c1-3-18(15-14-17-10-6-4-7-11-17)16(2)19-12-8-5-9-13-19/h4-6,8-10,12-13,15H,2-3,7,11,14H2,1H3/b18-15-. The smallest absolute Gasteiger partial charge is 0.0130 e. The summed E-state index contributed by atoms with van der Waals surface area (Å²) >= 11 is 0. The van der Waals surface area contributed by atoms with Gasteiger partial charge in [0.2, 0.25) is 0 Å². The van der Waals surface area contributed by atoms with Crippen molar-refractivity contribution in [2.75, 3.05) is 0 Å². The summed E-state index contributed by atoms with van der Waals surface area (Å²) in [6.45, 7) is 6.46. The van der Waals surface area contributed by atoms with E-state index in [9.17, 15) is 0 Å². The first-order chi connectivity index (χ1) is 9.31. The Morgan fingerprint density at radius 1 is 1.26 bits per heavy atom. The molecule has 98 valence electrons. The zero-order chi connectivity index (χ0) is 13.5. The molecule has 0 spiro atoms. The minimum absolute atomic E-state index is 1.04. The zero-order valence-electron chi connectivity index (χ0n) is 11.7. The number of hydrogen-bond donors (Lipinski definition) is 0. The molecule has 1 aromatic carbocycles. The van der Waals surface area contributed by atoms with Crippen LogP contribution in [-0.2, 0) is 0 Å². The highest BCUT2D eigenvalue weighted by Crippen LogP contribution is 2.25. The van der Waals surface area contributed by atoms with Crippen LogP contribution in [-0.4, -0.2) is 0 Å².